The van der Waals surface area contributed by atoms with Gasteiger partial charge in [-0.2, -0.15) is 0 Å². The zero-order chi connectivity index (χ0) is 25.2. The summed E-state index contributed by atoms with van der Waals surface area (Å²) >= 11 is 5.93. The molecule has 0 aliphatic carbocycles. The third kappa shape index (κ3) is 4.91. The molecule has 2 aromatic heterocycles. The molecule has 4 rings (SSSR count). The fourth-order valence-electron chi connectivity index (χ4n) is 3.23. The number of benzene rings is 2. The lowest BCUT2D eigenvalue weighted by Gasteiger charge is -2.12. The predicted octanol–water partition coefficient (Wildman–Crippen LogP) is 4.70. The van der Waals surface area contributed by atoms with Crippen LogP contribution in [0.4, 0.5) is 20.2 Å². The minimum absolute atomic E-state index is 0.0755. The Labute approximate surface area is 203 Å². The topological polar surface area (TPSA) is 130 Å². The first-order valence-corrected chi connectivity index (χ1v) is 11.8. The molecule has 4 N–H and O–H groups in total. The summed E-state index contributed by atoms with van der Waals surface area (Å²) < 4.78 is 57.5. The van der Waals surface area contributed by atoms with E-state index in [1.54, 1.807) is 0 Å². The molecule has 0 amide bonds. The Kier molecular flexibility index (Phi) is 6.63. The number of aliphatic imine (C=N–C) groups is 1. The van der Waals surface area contributed by atoms with Gasteiger partial charge in [0.15, 0.2) is 5.82 Å². The van der Waals surface area contributed by atoms with Crippen molar-refractivity contribution in [2.24, 2.45) is 10.7 Å². The first-order valence-electron chi connectivity index (χ1n) is 9.90. The Morgan fingerprint density at radius 3 is 2.63 bits per heavy atom. The number of aromatic nitrogens is 2. The van der Waals surface area contributed by atoms with E-state index in [1.807, 2.05) is 0 Å². The molecule has 0 saturated carbocycles. The number of carbonyl (C=O) groups is 1. The lowest BCUT2D eigenvalue weighted by molar-refractivity contribution is 0.103. The van der Waals surface area contributed by atoms with Crippen molar-refractivity contribution in [2.75, 3.05) is 4.72 Å². The second kappa shape index (κ2) is 9.65. The van der Waals surface area contributed by atoms with E-state index in [0.717, 1.165) is 12.1 Å². The van der Waals surface area contributed by atoms with Gasteiger partial charge in [0.25, 0.3) is 10.0 Å². The van der Waals surface area contributed by atoms with Crippen LogP contribution in [0.15, 0.2) is 77.0 Å². The molecule has 0 aliphatic heterocycles. The van der Waals surface area contributed by atoms with Crippen LogP contribution in [0.5, 0.6) is 0 Å². The van der Waals surface area contributed by atoms with Gasteiger partial charge in [-0.3, -0.25) is 14.5 Å². The van der Waals surface area contributed by atoms with E-state index >= 15 is 4.39 Å². The van der Waals surface area contributed by atoms with Crippen LogP contribution >= 0.6 is 11.6 Å². The van der Waals surface area contributed by atoms with Crippen molar-refractivity contribution in [3.05, 3.63) is 94.9 Å². The average molecular weight is 516 g/mol. The number of pyridine rings is 1. The highest BCUT2D eigenvalue weighted by Crippen LogP contribution is 2.29. The van der Waals surface area contributed by atoms with Gasteiger partial charge in [0.1, 0.15) is 11.5 Å². The van der Waals surface area contributed by atoms with Crippen LogP contribution < -0.4 is 10.5 Å². The summed E-state index contributed by atoms with van der Waals surface area (Å²) in [5, 5.41) is 0.484. The molecule has 0 spiro atoms. The largest absolute Gasteiger partial charge is 0.405 e. The van der Waals surface area contributed by atoms with Gasteiger partial charge in [0.2, 0.25) is 5.78 Å². The molecule has 178 valence electrons. The molecule has 0 atom stereocenters. The summed E-state index contributed by atoms with van der Waals surface area (Å²) in [7, 11) is -4.27. The lowest BCUT2D eigenvalue weighted by Crippen LogP contribution is -2.16. The van der Waals surface area contributed by atoms with Crippen molar-refractivity contribution in [3.63, 3.8) is 0 Å². The number of allylic oxidation sites excluding steroid dienone is 1. The van der Waals surface area contributed by atoms with E-state index in [0.29, 0.717) is 11.3 Å². The lowest BCUT2D eigenvalue weighted by atomic mass is 10.0. The molecule has 2 heterocycles. The van der Waals surface area contributed by atoms with Crippen molar-refractivity contribution in [1.82, 2.24) is 9.97 Å². The van der Waals surface area contributed by atoms with E-state index in [2.05, 4.69) is 19.7 Å². The molecule has 0 unspecified atom stereocenters. The van der Waals surface area contributed by atoms with Crippen molar-refractivity contribution in [3.8, 4) is 0 Å². The van der Waals surface area contributed by atoms with Crippen LogP contribution in [0.3, 0.4) is 0 Å². The van der Waals surface area contributed by atoms with Gasteiger partial charge in [-0.15, -0.1) is 0 Å². The molecule has 4 aromatic rings. The van der Waals surface area contributed by atoms with Gasteiger partial charge in [0, 0.05) is 29.6 Å². The van der Waals surface area contributed by atoms with Crippen molar-refractivity contribution in [2.45, 2.75) is 4.90 Å². The number of halogens is 3. The second-order valence-electron chi connectivity index (χ2n) is 7.13. The van der Waals surface area contributed by atoms with Crippen LogP contribution in [-0.2, 0) is 10.0 Å². The maximum absolute atomic E-state index is 15.3. The first kappa shape index (κ1) is 24.0. The number of ketones is 1. The monoisotopic (exact) mass is 515 g/mol. The van der Waals surface area contributed by atoms with Gasteiger partial charge in [-0.05, 0) is 54.7 Å². The molecule has 8 nitrogen and oxygen atoms in total. The number of nitrogens with one attached hydrogen (secondary N) is 2. The number of carbonyl (C=O) groups excluding carboxylic acids is 1. The van der Waals surface area contributed by atoms with Gasteiger partial charge in [0.05, 0.1) is 26.9 Å². The Hall–Kier alpha value is -4.09. The van der Waals surface area contributed by atoms with Gasteiger partial charge in [-0.1, -0.05) is 11.6 Å². The molecule has 12 heteroatoms. The van der Waals surface area contributed by atoms with E-state index in [4.69, 9.17) is 17.3 Å². The maximum atomic E-state index is 15.3. The Morgan fingerprint density at radius 2 is 1.91 bits per heavy atom. The quantitative estimate of drug-likeness (QED) is 0.242. The minimum Gasteiger partial charge on any atom is -0.405 e. The summed E-state index contributed by atoms with van der Waals surface area (Å²) in [5.41, 5.74) is 4.36. The molecule has 0 fully saturated rings. The maximum Gasteiger partial charge on any atom is 0.261 e. The first-order chi connectivity index (χ1) is 16.7. The number of anilines is 1. The van der Waals surface area contributed by atoms with Crippen LogP contribution in [0, 0.1) is 11.6 Å². The number of rotatable bonds is 7. The zero-order valence-electron chi connectivity index (χ0n) is 17.7. The second-order valence-corrected chi connectivity index (χ2v) is 9.25. The van der Waals surface area contributed by atoms with E-state index < -0.39 is 38.7 Å². The Bertz CT molecular complexity index is 1600. The Morgan fingerprint density at radius 1 is 1.17 bits per heavy atom. The van der Waals surface area contributed by atoms with Crippen molar-refractivity contribution < 1.29 is 22.0 Å². The van der Waals surface area contributed by atoms with E-state index in [1.165, 1.54) is 61.2 Å². The standard InChI is InChI=1S/C23H16ClF2N5O3S/c24-13-10-16-17(12-30-23(16)29-11-13)22(32)20-18(25)6-7-19(21(20)26)31-35(33,34)15-4-2-14(3-5-15)28-9-1-8-27/h1-12,31H,27H2,(H,29,30)/b8-1-,28-9?. The molecule has 0 aliphatic rings. The van der Waals surface area contributed by atoms with Crippen LogP contribution in [0.25, 0.3) is 11.0 Å². The number of nitrogens with two attached hydrogens (primary N) is 1. The molecule has 35 heavy (non-hydrogen) atoms. The molecule has 2 aromatic carbocycles. The van der Waals surface area contributed by atoms with Crippen LogP contribution in [0.2, 0.25) is 5.02 Å². The molecule has 0 bridgehead atoms. The molecular formula is C23H16ClF2N5O3S. The van der Waals surface area contributed by atoms with E-state index in [-0.39, 0.29) is 20.9 Å². The van der Waals surface area contributed by atoms with Gasteiger partial charge < -0.3 is 10.7 Å². The number of nitrogens with zero attached hydrogens (tertiary/aromatic N) is 2. The normalized spacial score (nSPS) is 12.1. The summed E-state index contributed by atoms with van der Waals surface area (Å²) in [4.78, 5) is 23.6. The van der Waals surface area contributed by atoms with Crippen LogP contribution in [-0.4, -0.2) is 30.4 Å². The zero-order valence-corrected chi connectivity index (χ0v) is 19.2. The van der Waals surface area contributed by atoms with Crippen molar-refractivity contribution >= 4 is 56.0 Å². The number of hydrogen-bond donors (Lipinski definition) is 3. The third-order valence-corrected chi connectivity index (χ3v) is 6.46. The highest BCUT2D eigenvalue weighted by atomic mass is 35.5. The summed E-state index contributed by atoms with van der Waals surface area (Å²) in [6.07, 6.45) is 6.80. The fraction of sp³-hybridized carbons (Fsp3) is 0. The predicted molar refractivity (Wildman–Crippen MR) is 130 cm³/mol. The van der Waals surface area contributed by atoms with Gasteiger partial charge >= 0.3 is 0 Å². The fourth-order valence-corrected chi connectivity index (χ4v) is 4.45. The van der Waals surface area contributed by atoms with Crippen molar-refractivity contribution in [1.29, 1.82) is 0 Å². The van der Waals surface area contributed by atoms with E-state index in [9.17, 15) is 17.6 Å². The molecule has 0 radical (unpaired) electrons. The number of aromatic amines is 1. The Balaban J connectivity index is 1.67. The minimum atomic E-state index is -4.27. The number of sulfonamides is 1. The van der Waals surface area contributed by atoms with Gasteiger partial charge in [-0.25, -0.2) is 22.2 Å². The smallest absolute Gasteiger partial charge is 0.261 e. The highest BCUT2D eigenvalue weighted by Gasteiger charge is 2.26. The number of fused-ring (bicyclic) bond motifs is 1. The van der Waals surface area contributed by atoms with Crippen LogP contribution in [0.1, 0.15) is 15.9 Å². The SMILES string of the molecule is N/C=C\C=Nc1ccc(S(=O)(=O)Nc2ccc(F)c(C(=O)c3c[nH]c4ncc(Cl)cc34)c2F)cc1. The summed E-state index contributed by atoms with van der Waals surface area (Å²) in [6.45, 7) is 0. The number of hydrogen-bond acceptors (Lipinski definition) is 6. The average Bonchev–Trinajstić information content (AvgIpc) is 3.24. The number of H-pyrrole nitrogens is 1. The molecular weight excluding hydrogens is 500 g/mol. The molecule has 0 saturated heterocycles. The highest BCUT2D eigenvalue weighted by molar-refractivity contribution is 7.92. The summed E-state index contributed by atoms with van der Waals surface area (Å²) in [5.74, 6) is -3.53. The summed E-state index contributed by atoms with van der Waals surface area (Å²) in [6, 6.07) is 8.51. The third-order valence-electron chi connectivity index (χ3n) is 4.87.